The lowest BCUT2D eigenvalue weighted by atomic mass is 9.74. The van der Waals surface area contributed by atoms with Gasteiger partial charge in [0.25, 0.3) is 0 Å². The van der Waals surface area contributed by atoms with E-state index in [1.807, 2.05) is 18.2 Å². The molecule has 2 atom stereocenters. The fourth-order valence-corrected chi connectivity index (χ4v) is 3.51. The van der Waals surface area contributed by atoms with Crippen LogP contribution in [0.25, 0.3) is 0 Å². The molecule has 0 spiro atoms. The van der Waals surface area contributed by atoms with Gasteiger partial charge in [-0.05, 0) is 36.7 Å². The van der Waals surface area contributed by atoms with Crippen LogP contribution in [-0.2, 0) is 20.9 Å². The third-order valence-electron chi connectivity index (χ3n) is 4.88. The molecule has 0 bridgehead atoms. The Morgan fingerprint density at radius 3 is 2.52 bits per heavy atom. The normalized spacial score (nSPS) is 24.3. The van der Waals surface area contributed by atoms with Crippen LogP contribution >= 0.6 is 0 Å². The van der Waals surface area contributed by atoms with Crippen molar-refractivity contribution in [3.05, 3.63) is 35.9 Å². The second kappa shape index (κ2) is 7.96. The first-order valence-electron chi connectivity index (χ1n) is 8.79. The van der Waals surface area contributed by atoms with E-state index in [4.69, 9.17) is 9.47 Å². The molecule has 23 heavy (non-hydrogen) atoms. The lowest BCUT2D eigenvalue weighted by Crippen LogP contribution is -2.45. The standard InChI is InChI=1S/C20H30O3/c1-15(2)13-23-19(21)20(16(3)4)12-8-11-18(20)22-14-17-9-6-5-7-10-17/h5-7,9-10,15-16,18H,8,11-14H2,1-4H3. The maximum absolute atomic E-state index is 12.8. The molecule has 1 aromatic rings. The van der Waals surface area contributed by atoms with Crippen LogP contribution in [0.4, 0.5) is 0 Å². The van der Waals surface area contributed by atoms with Gasteiger partial charge in [0.2, 0.25) is 0 Å². The van der Waals surface area contributed by atoms with Gasteiger partial charge in [-0.3, -0.25) is 4.79 Å². The van der Waals surface area contributed by atoms with Crippen molar-refractivity contribution in [1.82, 2.24) is 0 Å². The van der Waals surface area contributed by atoms with E-state index in [-0.39, 0.29) is 18.0 Å². The largest absolute Gasteiger partial charge is 0.465 e. The summed E-state index contributed by atoms with van der Waals surface area (Å²) in [5.41, 5.74) is 0.650. The third-order valence-corrected chi connectivity index (χ3v) is 4.88. The quantitative estimate of drug-likeness (QED) is 0.689. The Kier molecular flexibility index (Phi) is 6.23. The van der Waals surface area contributed by atoms with Crippen molar-refractivity contribution in [2.75, 3.05) is 6.61 Å². The van der Waals surface area contributed by atoms with Crippen molar-refractivity contribution in [3.8, 4) is 0 Å². The minimum absolute atomic E-state index is 0.0534. The number of carbonyl (C=O) groups is 1. The molecule has 2 unspecified atom stereocenters. The minimum atomic E-state index is -0.496. The molecule has 0 saturated heterocycles. The Bertz CT molecular complexity index is 495. The highest BCUT2D eigenvalue weighted by Gasteiger charge is 2.53. The van der Waals surface area contributed by atoms with E-state index in [0.717, 1.165) is 24.8 Å². The van der Waals surface area contributed by atoms with Gasteiger partial charge in [0.15, 0.2) is 0 Å². The zero-order valence-electron chi connectivity index (χ0n) is 14.9. The van der Waals surface area contributed by atoms with Gasteiger partial charge in [0, 0.05) is 0 Å². The van der Waals surface area contributed by atoms with Gasteiger partial charge in [-0.1, -0.05) is 58.0 Å². The molecule has 0 radical (unpaired) electrons. The average Bonchev–Trinajstić information content (AvgIpc) is 2.96. The molecule has 1 fully saturated rings. The zero-order valence-corrected chi connectivity index (χ0v) is 14.9. The first-order chi connectivity index (χ1) is 11.0. The SMILES string of the molecule is CC(C)COC(=O)C1(C(C)C)CCCC1OCc1ccccc1. The molecule has 0 N–H and O–H groups in total. The number of ether oxygens (including phenoxy) is 2. The van der Waals surface area contributed by atoms with Crippen LogP contribution < -0.4 is 0 Å². The summed E-state index contributed by atoms with van der Waals surface area (Å²) in [6.07, 6.45) is 2.76. The van der Waals surface area contributed by atoms with Crippen molar-refractivity contribution in [1.29, 1.82) is 0 Å². The van der Waals surface area contributed by atoms with Gasteiger partial charge in [-0.15, -0.1) is 0 Å². The van der Waals surface area contributed by atoms with Crippen LogP contribution in [0.2, 0.25) is 0 Å². The second-order valence-corrected chi connectivity index (χ2v) is 7.36. The van der Waals surface area contributed by atoms with E-state index in [9.17, 15) is 4.79 Å². The van der Waals surface area contributed by atoms with Crippen molar-refractivity contribution >= 4 is 5.97 Å². The molecule has 2 rings (SSSR count). The smallest absolute Gasteiger partial charge is 0.314 e. The molecule has 1 aliphatic rings. The van der Waals surface area contributed by atoms with E-state index < -0.39 is 5.41 Å². The van der Waals surface area contributed by atoms with E-state index in [1.165, 1.54) is 0 Å². The van der Waals surface area contributed by atoms with Crippen LogP contribution in [0.5, 0.6) is 0 Å². The van der Waals surface area contributed by atoms with Crippen molar-refractivity contribution in [2.45, 2.75) is 59.7 Å². The Hall–Kier alpha value is -1.35. The number of esters is 1. The van der Waals surface area contributed by atoms with E-state index >= 15 is 0 Å². The molecule has 0 aliphatic heterocycles. The monoisotopic (exact) mass is 318 g/mol. The predicted molar refractivity (Wildman–Crippen MR) is 91.9 cm³/mol. The topological polar surface area (TPSA) is 35.5 Å². The summed E-state index contributed by atoms with van der Waals surface area (Å²) >= 11 is 0. The molecule has 0 amide bonds. The van der Waals surface area contributed by atoms with Crippen LogP contribution in [0.1, 0.15) is 52.5 Å². The molecule has 128 valence electrons. The van der Waals surface area contributed by atoms with Gasteiger partial charge >= 0.3 is 5.97 Å². The zero-order chi connectivity index (χ0) is 16.9. The molecule has 1 saturated carbocycles. The average molecular weight is 318 g/mol. The number of benzene rings is 1. The van der Waals surface area contributed by atoms with Gasteiger partial charge in [0.05, 0.1) is 24.7 Å². The molecule has 1 aliphatic carbocycles. The summed E-state index contributed by atoms with van der Waals surface area (Å²) in [6, 6.07) is 10.1. The van der Waals surface area contributed by atoms with E-state index in [2.05, 4.69) is 39.8 Å². The lowest BCUT2D eigenvalue weighted by molar-refractivity contribution is -0.171. The summed E-state index contributed by atoms with van der Waals surface area (Å²) in [7, 11) is 0. The third kappa shape index (κ3) is 4.14. The number of carbonyl (C=O) groups excluding carboxylic acids is 1. The van der Waals surface area contributed by atoms with Gasteiger partial charge in [-0.2, -0.15) is 0 Å². The van der Waals surface area contributed by atoms with Crippen molar-refractivity contribution < 1.29 is 14.3 Å². The number of rotatable bonds is 7. The van der Waals surface area contributed by atoms with Gasteiger partial charge in [0.1, 0.15) is 0 Å². The molecule has 0 aromatic heterocycles. The number of hydrogen-bond acceptors (Lipinski definition) is 3. The van der Waals surface area contributed by atoms with Gasteiger partial charge in [-0.25, -0.2) is 0 Å². The maximum atomic E-state index is 12.8. The first kappa shape index (κ1) is 18.0. The van der Waals surface area contributed by atoms with Crippen LogP contribution in [0.3, 0.4) is 0 Å². The molecule has 1 aromatic carbocycles. The summed E-state index contributed by atoms with van der Waals surface area (Å²) in [4.78, 5) is 12.8. The summed E-state index contributed by atoms with van der Waals surface area (Å²) < 4.78 is 11.8. The van der Waals surface area contributed by atoms with Crippen LogP contribution in [0.15, 0.2) is 30.3 Å². The summed E-state index contributed by atoms with van der Waals surface area (Å²) in [6.45, 7) is 9.39. The Balaban J connectivity index is 2.08. The van der Waals surface area contributed by atoms with Gasteiger partial charge < -0.3 is 9.47 Å². The molecule has 3 heteroatoms. The Morgan fingerprint density at radius 1 is 1.22 bits per heavy atom. The highest BCUT2D eigenvalue weighted by Crippen LogP contribution is 2.47. The number of hydrogen-bond donors (Lipinski definition) is 0. The maximum Gasteiger partial charge on any atom is 0.314 e. The summed E-state index contributed by atoms with van der Waals surface area (Å²) in [5.74, 6) is 0.496. The van der Waals surface area contributed by atoms with E-state index in [1.54, 1.807) is 0 Å². The fourth-order valence-electron chi connectivity index (χ4n) is 3.51. The molecular formula is C20H30O3. The predicted octanol–water partition coefficient (Wildman–Crippen LogP) is 4.60. The van der Waals surface area contributed by atoms with Crippen molar-refractivity contribution in [3.63, 3.8) is 0 Å². The Labute approximate surface area is 140 Å². The van der Waals surface area contributed by atoms with Crippen molar-refractivity contribution in [2.24, 2.45) is 17.3 Å². The van der Waals surface area contributed by atoms with Crippen LogP contribution in [0, 0.1) is 17.3 Å². The minimum Gasteiger partial charge on any atom is -0.465 e. The molecule has 0 heterocycles. The Morgan fingerprint density at radius 2 is 1.91 bits per heavy atom. The first-order valence-corrected chi connectivity index (χ1v) is 8.79. The molecule has 3 nitrogen and oxygen atoms in total. The second-order valence-electron chi connectivity index (χ2n) is 7.36. The fraction of sp³-hybridized carbons (Fsp3) is 0.650. The van der Waals surface area contributed by atoms with Crippen LogP contribution in [-0.4, -0.2) is 18.7 Å². The molecular weight excluding hydrogens is 288 g/mol. The highest BCUT2D eigenvalue weighted by molar-refractivity contribution is 5.78. The highest BCUT2D eigenvalue weighted by atomic mass is 16.5. The summed E-state index contributed by atoms with van der Waals surface area (Å²) in [5, 5.41) is 0. The van der Waals surface area contributed by atoms with E-state index in [0.29, 0.717) is 19.1 Å². The lowest BCUT2D eigenvalue weighted by Gasteiger charge is -2.36.